The van der Waals surface area contributed by atoms with Gasteiger partial charge in [0.15, 0.2) is 5.65 Å². The first-order valence-corrected chi connectivity index (χ1v) is 11.1. The van der Waals surface area contributed by atoms with Crippen molar-refractivity contribution in [2.24, 2.45) is 0 Å². The highest BCUT2D eigenvalue weighted by Crippen LogP contribution is 2.27. The van der Waals surface area contributed by atoms with Crippen LogP contribution in [0, 0.1) is 0 Å². The average Bonchev–Trinajstić information content (AvgIpc) is 3.47. The molecule has 2 N–H and O–H groups in total. The molecule has 2 unspecified atom stereocenters. The van der Waals surface area contributed by atoms with Crippen LogP contribution in [0.3, 0.4) is 0 Å². The van der Waals surface area contributed by atoms with Gasteiger partial charge in [0.1, 0.15) is 5.52 Å². The van der Waals surface area contributed by atoms with Crippen LogP contribution in [-0.4, -0.2) is 53.2 Å². The van der Waals surface area contributed by atoms with Crippen molar-refractivity contribution in [2.75, 3.05) is 25.1 Å². The van der Waals surface area contributed by atoms with Crippen molar-refractivity contribution >= 4 is 22.8 Å². The Morgan fingerprint density at radius 1 is 1.39 bits per heavy atom. The zero-order valence-electron chi connectivity index (χ0n) is 19.1. The molecule has 1 saturated heterocycles. The standard InChI is InChI=1S/C22H27N5O2.C2H6/c1-4-14(2)25-22(28)18-11-23-21-20(18)26-19(12-24-21)15-6-5-7-16(10-15)27-9-8-17(13-27)29-3;1-2/h5-7,10-12,14,17H,4,8-9,13H2,1-3H3,(H,23,24)(H,25,28);1-2H3. The van der Waals surface area contributed by atoms with E-state index in [1.165, 1.54) is 0 Å². The van der Waals surface area contributed by atoms with Crippen molar-refractivity contribution in [3.63, 3.8) is 0 Å². The summed E-state index contributed by atoms with van der Waals surface area (Å²) >= 11 is 0. The molecule has 0 radical (unpaired) electrons. The predicted octanol–water partition coefficient (Wildman–Crippen LogP) is 4.40. The number of aromatic nitrogens is 3. The van der Waals surface area contributed by atoms with Gasteiger partial charge in [-0.15, -0.1) is 0 Å². The molecule has 2 aromatic heterocycles. The van der Waals surface area contributed by atoms with Crippen LogP contribution in [0.15, 0.2) is 36.7 Å². The SMILES string of the molecule is CC.CCC(C)NC(=O)c1c[nH]c2ncc(-c3cccc(N4CCC(OC)C4)c3)nc12. The molecule has 3 aromatic rings. The molecule has 31 heavy (non-hydrogen) atoms. The number of carbonyl (C=O) groups excluding carboxylic acids is 1. The summed E-state index contributed by atoms with van der Waals surface area (Å²) in [5, 5.41) is 2.99. The van der Waals surface area contributed by atoms with E-state index in [4.69, 9.17) is 9.72 Å². The van der Waals surface area contributed by atoms with Crippen molar-refractivity contribution in [1.29, 1.82) is 0 Å². The Kier molecular flexibility index (Phi) is 7.63. The lowest BCUT2D eigenvalue weighted by Gasteiger charge is -2.19. The molecule has 1 amide bonds. The van der Waals surface area contributed by atoms with Crippen molar-refractivity contribution in [1.82, 2.24) is 20.3 Å². The highest BCUT2D eigenvalue weighted by Gasteiger charge is 2.22. The van der Waals surface area contributed by atoms with Crippen LogP contribution in [0.25, 0.3) is 22.4 Å². The first-order valence-electron chi connectivity index (χ1n) is 11.1. The van der Waals surface area contributed by atoms with E-state index >= 15 is 0 Å². The van der Waals surface area contributed by atoms with Gasteiger partial charge in [-0.2, -0.15) is 0 Å². The van der Waals surface area contributed by atoms with Gasteiger partial charge in [-0.05, 0) is 31.9 Å². The number of fused-ring (bicyclic) bond motifs is 1. The summed E-state index contributed by atoms with van der Waals surface area (Å²) in [6.07, 6.45) is 5.61. The van der Waals surface area contributed by atoms with Crippen molar-refractivity contribution in [2.45, 2.75) is 52.7 Å². The van der Waals surface area contributed by atoms with Crippen molar-refractivity contribution < 1.29 is 9.53 Å². The van der Waals surface area contributed by atoms with Gasteiger partial charge in [0.25, 0.3) is 5.91 Å². The largest absolute Gasteiger partial charge is 0.380 e. The number of methoxy groups -OCH3 is 1. The fourth-order valence-corrected chi connectivity index (χ4v) is 3.62. The Morgan fingerprint density at radius 2 is 2.19 bits per heavy atom. The third-order valence-corrected chi connectivity index (χ3v) is 5.60. The quantitative estimate of drug-likeness (QED) is 0.614. The molecular weight excluding hydrogens is 390 g/mol. The van der Waals surface area contributed by atoms with E-state index in [0.717, 1.165) is 42.9 Å². The minimum atomic E-state index is -0.131. The van der Waals surface area contributed by atoms with Gasteiger partial charge in [-0.1, -0.05) is 32.9 Å². The Bertz CT molecular complexity index is 1020. The number of H-pyrrole nitrogens is 1. The molecule has 3 heterocycles. The lowest BCUT2D eigenvalue weighted by atomic mass is 10.1. The number of ether oxygens (including phenoxy) is 1. The highest BCUT2D eigenvalue weighted by molar-refractivity contribution is 6.04. The van der Waals surface area contributed by atoms with E-state index in [1.807, 2.05) is 39.8 Å². The third kappa shape index (κ3) is 5.05. The van der Waals surface area contributed by atoms with Gasteiger partial charge in [-0.3, -0.25) is 4.79 Å². The number of amides is 1. The van der Waals surface area contributed by atoms with E-state index in [2.05, 4.69) is 32.3 Å². The molecule has 1 aromatic carbocycles. The Balaban J connectivity index is 0.00000132. The molecule has 1 fully saturated rings. The van der Waals surface area contributed by atoms with Crippen LogP contribution in [0.5, 0.6) is 0 Å². The molecule has 7 heteroatoms. The van der Waals surface area contributed by atoms with Gasteiger partial charge >= 0.3 is 0 Å². The van der Waals surface area contributed by atoms with Crippen molar-refractivity contribution in [3.8, 4) is 11.3 Å². The topological polar surface area (TPSA) is 83.1 Å². The Morgan fingerprint density at radius 3 is 2.90 bits per heavy atom. The zero-order chi connectivity index (χ0) is 22.4. The zero-order valence-corrected chi connectivity index (χ0v) is 19.1. The number of anilines is 1. The minimum Gasteiger partial charge on any atom is -0.380 e. The molecule has 1 aliphatic rings. The second-order valence-electron chi connectivity index (χ2n) is 7.58. The number of benzene rings is 1. The van der Waals surface area contributed by atoms with Crippen LogP contribution in [0.2, 0.25) is 0 Å². The predicted molar refractivity (Wildman–Crippen MR) is 126 cm³/mol. The van der Waals surface area contributed by atoms with E-state index < -0.39 is 0 Å². The molecule has 4 rings (SSSR count). The van der Waals surface area contributed by atoms with Gasteiger partial charge in [0.05, 0.1) is 23.6 Å². The number of carbonyl (C=O) groups is 1. The van der Waals surface area contributed by atoms with Gasteiger partial charge in [0, 0.05) is 43.7 Å². The Labute approximate surface area is 184 Å². The number of nitrogens with one attached hydrogen (secondary N) is 2. The summed E-state index contributed by atoms with van der Waals surface area (Å²) < 4.78 is 5.48. The summed E-state index contributed by atoms with van der Waals surface area (Å²) in [6.45, 7) is 9.90. The maximum atomic E-state index is 12.6. The maximum Gasteiger partial charge on any atom is 0.255 e. The second kappa shape index (κ2) is 10.4. The second-order valence-corrected chi connectivity index (χ2v) is 7.58. The summed E-state index contributed by atoms with van der Waals surface area (Å²) in [6, 6.07) is 8.39. The van der Waals surface area contributed by atoms with E-state index in [9.17, 15) is 4.79 Å². The number of rotatable bonds is 6. The summed E-state index contributed by atoms with van der Waals surface area (Å²) in [4.78, 5) is 27.2. The van der Waals surface area contributed by atoms with Crippen LogP contribution < -0.4 is 10.2 Å². The van der Waals surface area contributed by atoms with E-state index in [1.54, 1.807) is 19.5 Å². The molecular formula is C24H33N5O2. The fourth-order valence-electron chi connectivity index (χ4n) is 3.62. The van der Waals surface area contributed by atoms with Gasteiger partial charge in [0.2, 0.25) is 0 Å². The fraction of sp³-hybridized carbons (Fsp3) is 0.458. The first kappa shape index (κ1) is 22.7. The van der Waals surface area contributed by atoms with Crippen LogP contribution in [0.1, 0.15) is 50.9 Å². The number of nitrogens with zero attached hydrogens (tertiary/aromatic N) is 3. The average molecular weight is 424 g/mol. The molecule has 166 valence electrons. The third-order valence-electron chi connectivity index (χ3n) is 5.60. The molecule has 0 saturated carbocycles. The monoisotopic (exact) mass is 423 g/mol. The molecule has 2 atom stereocenters. The lowest BCUT2D eigenvalue weighted by Crippen LogP contribution is -2.31. The normalized spacial score (nSPS) is 16.7. The van der Waals surface area contributed by atoms with E-state index in [-0.39, 0.29) is 18.1 Å². The molecule has 0 bridgehead atoms. The molecule has 0 aliphatic carbocycles. The summed E-state index contributed by atoms with van der Waals surface area (Å²) in [5.74, 6) is -0.131. The highest BCUT2D eigenvalue weighted by atomic mass is 16.5. The van der Waals surface area contributed by atoms with Crippen LogP contribution in [-0.2, 0) is 4.74 Å². The summed E-state index contributed by atoms with van der Waals surface area (Å²) in [5.41, 5.74) is 4.60. The van der Waals surface area contributed by atoms with E-state index in [0.29, 0.717) is 16.7 Å². The Hall–Kier alpha value is -2.93. The van der Waals surface area contributed by atoms with Crippen molar-refractivity contribution in [3.05, 3.63) is 42.2 Å². The first-order chi connectivity index (χ1) is 15.1. The van der Waals surface area contributed by atoms with Crippen LogP contribution in [0.4, 0.5) is 5.69 Å². The maximum absolute atomic E-state index is 12.6. The number of aromatic amines is 1. The molecule has 0 spiro atoms. The lowest BCUT2D eigenvalue weighted by molar-refractivity contribution is 0.0941. The summed E-state index contributed by atoms with van der Waals surface area (Å²) in [7, 11) is 1.77. The van der Waals surface area contributed by atoms with Gasteiger partial charge < -0.3 is 19.9 Å². The molecule has 7 nitrogen and oxygen atoms in total. The smallest absolute Gasteiger partial charge is 0.255 e. The number of hydrogen-bond donors (Lipinski definition) is 2. The van der Waals surface area contributed by atoms with Crippen LogP contribution >= 0.6 is 0 Å². The molecule has 1 aliphatic heterocycles. The number of hydrogen-bond acceptors (Lipinski definition) is 5. The minimum absolute atomic E-state index is 0.108. The van der Waals surface area contributed by atoms with Gasteiger partial charge in [-0.25, -0.2) is 9.97 Å².